The molecular weight excluding hydrogens is 258 g/mol. The van der Waals surface area contributed by atoms with Crippen molar-refractivity contribution in [2.75, 3.05) is 11.4 Å². The molecule has 0 aliphatic rings. The van der Waals surface area contributed by atoms with Crippen LogP contribution in [-0.2, 0) is 6.54 Å². The molecule has 2 heteroatoms. The number of fused-ring (bicyclic) bond motifs is 1. The predicted molar refractivity (Wildman–Crippen MR) is 88.8 cm³/mol. The lowest BCUT2D eigenvalue weighted by Gasteiger charge is -2.25. The molecule has 0 fully saturated rings. The number of phenols is 1. The van der Waals surface area contributed by atoms with E-state index in [0.717, 1.165) is 12.1 Å². The summed E-state index contributed by atoms with van der Waals surface area (Å²) in [4.78, 5) is 2.29. The molecule has 0 atom stereocenters. The van der Waals surface area contributed by atoms with Crippen molar-refractivity contribution in [2.24, 2.45) is 0 Å². The molecule has 1 N–H and O–H groups in total. The molecule has 0 spiro atoms. The molecule has 0 heterocycles. The molecule has 3 rings (SSSR count). The summed E-state index contributed by atoms with van der Waals surface area (Å²) in [5, 5.41) is 12.5. The summed E-state index contributed by atoms with van der Waals surface area (Å²) in [5.41, 5.74) is 2.16. The van der Waals surface area contributed by atoms with Crippen LogP contribution >= 0.6 is 0 Å². The van der Waals surface area contributed by atoms with Crippen molar-refractivity contribution < 1.29 is 5.11 Å². The maximum Gasteiger partial charge on any atom is 0.120 e. The normalized spacial score (nSPS) is 10.7. The molecule has 0 aliphatic heterocycles. The number of anilines is 1. The van der Waals surface area contributed by atoms with Crippen LogP contribution in [0.1, 0.15) is 12.5 Å². The van der Waals surface area contributed by atoms with Gasteiger partial charge in [-0.05, 0) is 24.4 Å². The van der Waals surface area contributed by atoms with E-state index in [1.54, 1.807) is 6.07 Å². The smallest absolute Gasteiger partial charge is 0.120 e. The fraction of sp³-hybridized carbons (Fsp3) is 0.158. The standard InChI is InChI=1S/C19H19NO/c1-2-20(14-16-9-4-6-13-19(16)21)18-12-7-10-15-8-3-5-11-17(15)18/h3-13,21H,2,14H2,1H3. The maximum atomic E-state index is 9.99. The second-order valence-corrected chi connectivity index (χ2v) is 5.14. The van der Waals surface area contributed by atoms with Gasteiger partial charge in [0.2, 0.25) is 0 Å². The van der Waals surface area contributed by atoms with Gasteiger partial charge in [-0.1, -0.05) is 54.6 Å². The van der Waals surface area contributed by atoms with E-state index in [1.165, 1.54) is 16.5 Å². The average molecular weight is 277 g/mol. The first-order valence-corrected chi connectivity index (χ1v) is 7.29. The zero-order valence-electron chi connectivity index (χ0n) is 12.2. The molecule has 0 amide bonds. The third kappa shape index (κ3) is 2.70. The highest BCUT2D eigenvalue weighted by Gasteiger charge is 2.10. The molecule has 3 aromatic rings. The molecule has 0 bridgehead atoms. The molecule has 106 valence electrons. The van der Waals surface area contributed by atoms with Crippen molar-refractivity contribution >= 4 is 16.5 Å². The Hall–Kier alpha value is -2.48. The quantitative estimate of drug-likeness (QED) is 0.755. The number of phenolic OH excluding ortho intramolecular Hbond substituents is 1. The van der Waals surface area contributed by atoms with Gasteiger partial charge in [-0.2, -0.15) is 0 Å². The molecule has 0 aromatic heterocycles. The van der Waals surface area contributed by atoms with Crippen LogP contribution in [0.5, 0.6) is 5.75 Å². The lowest BCUT2D eigenvalue weighted by atomic mass is 10.1. The minimum absolute atomic E-state index is 0.358. The summed E-state index contributed by atoms with van der Waals surface area (Å²) in [5.74, 6) is 0.358. The van der Waals surface area contributed by atoms with Gasteiger partial charge in [0.25, 0.3) is 0 Å². The van der Waals surface area contributed by atoms with E-state index in [9.17, 15) is 5.11 Å². The van der Waals surface area contributed by atoms with Gasteiger partial charge in [0.05, 0.1) is 0 Å². The van der Waals surface area contributed by atoms with Crippen molar-refractivity contribution in [3.05, 3.63) is 72.3 Å². The van der Waals surface area contributed by atoms with E-state index in [1.807, 2.05) is 18.2 Å². The molecule has 21 heavy (non-hydrogen) atoms. The van der Waals surface area contributed by atoms with E-state index in [0.29, 0.717) is 12.3 Å². The molecule has 3 aromatic carbocycles. The lowest BCUT2D eigenvalue weighted by molar-refractivity contribution is 0.467. The highest BCUT2D eigenvalue weighted by Crippen LogP contribution is 2.29. The van der Waals surface area contributed by atoms with Gasteiger partial charge < -0.3 is 10.0 Å². The lowest BCUT2D eigenvalue weighted by Crippen LogP contribution is -2.22. The first-order valence-electron chi connectivity index (χ1n) is 7.29. The van der Waals surface area contributed by atoms with Gasteiger partial charge in [0.15, 0.2) is 0 Å². The number of aromatic hydroxyl groups is 1. The second kappa shape index (κ2) is 5.88. The molecule has 0 radical (unpaired) electrons. The van der Waals surface area contributed by atoms with Crippen LogP contribution in [0, 0.1) is 0 Å². The Morgan fingerprint density at radius 2 is 1.57 bits per heavy atom. The summed E-state index contributed by atoms with van der Waals surface area (Å²) < 4.78 is 0. The van der Waals surface area contributed by atoms with Crippen molar-refractivity contribution in [1.29, 1.82) is 0 Å². The van der Waals surface area contributed by atoms with Crippen LogP contribution in [0.25, 0.3) is 10.8 Å². The van der Waals surface area contributed by atoms with Crippen LogP contribution in [0.2, 0.25) is 0 Å². The minimum Gasteiger partial charge on any atom is -0.508 e. The van der Waals surface area contributed by atoms with Gasteiger partial charge >= 0.3 is 0 Å². The predicted octanol–water partition coefficient (Wildman–Crippen LogP) is 4.57. The van der Waals surface area contributed by atoms with Gasteiger partial charge in [0.1, 0.15) is 5.75 Å². The van der Waals surface area contributed by atoms with Gasteiger partial charge in [-0.25, -0.2) is 0 Å². The van der Waals surface area contributed by atoms with Gasteiger partial charge in [-0.3, -0.25) is 0 Å². The first-order chi connectivity index (χ1) is 10.3. The number of hydrogen-bond acceptors (Lipinski definition) is 2. The third-order valence-corrected chi connectivity index (χ3v) is 3.84. The van der Waals surface area contributed by atoms with E-state index >= 15 is 0 Å². The van der Waals surface area contributed by atoms with E-state index < -0.39 is 0 Å². The summed E-state index contributed by atoms with van der Waals surface area (Å²) in [6, 6.07) is 22.3. The fourth-order valence-corrected chi connectivity index (χ4v) is 2.70. The molecule has 2 nitrogen and oxygen atoms in total. The van der Waals surface area contributed by atoms with Crippen LogP contribution in [0.4, 0.5) is 5.69 Å². The SMILES string of the molecule is CCN(Cc1ccccc1O)c1cccc2ccccc12. The highest BCUT2D eigenvalue weighted by molar-refractivity contribution is 5.94. The summed E-state index contributed by atoms with van der Waals surface area (Å²) in [7, 11) is 0. The Morgan fingerprint density at radius 3 is 2.38 bits per heavy atom. The maximum absolute atomic E-state index is 9.99. The second-order valence-electron chi connectivity index (χ2n) is 5.14. The number of para-hydroxylation sites is 1. The molecule has 0 saturated carbocycles. The Balaban J connectivity index is 2.01. The van der Waals surface area contributed by atoms with Crippen LogP contribution in [-0.4, -0.2) is 11.7 Å². The Labute approximate surface area is 125 Å². The van der Waals surface area contributed by atoms with Crippen molar-refractivity contribution in [2.45, 2.75) is 13.5 Å². The first kappa shape index (κ1) is 13.5. The summed E-state index contributed by atoms with van der Waals surface area (Å²) in [6.45, 7) is 3.74. The summed E-state index contributed by atoms with van der Waals surface area (Å²) in [6.07, 6.45) is 0. The largest absolute Gasteiger partial charge is 0.508 e. The number of hydrogen-bond donors (Lipinski definition) is 1. The Bertz CT molecular complexity index is 746. The monoisotopic (exact) mass is 277 g/mol. The van der Waals surface area contributed by atoms with Crippen molar-refractivity contribution in [1.82, 2.24) is 0 Å². The van der Waals surface area contributed by atoms with E-state index in [-0.39, 0.29) is 0 Å². The molecule has 0 aliphatic carbocycles. The number of nitrogens with zero attached hydrogens (tertiary/aromatic N) is 1. The zero-order valence-corrected chi connectivity index (χ0v) is 12.2. The van der Waals surface area contributed by atoms with Crippen molar-refractivity contribution in [3.63, 3.8) is 0 Å². The molecule has 0 saturated heterocycles. The summed E-state index contributed by atoms with van der Waals surface area (Å²) >= 11 is 0. The minimum atomic E-state index is 0.358. The van der Waals surface area contributed by atoms with Crippen LogP contribution in [0.3, 0.4) is 0 Å². The van der Waals surface area contributed by atoms with Gasteiger partial charge in [0, 0.05) is 29.7 Å². The highest BCUT2D eigenvalue weighted by atomic mass is 16.3. The zero-order chi connectivity index (χ0) is 14.7. The Morgan fingerprint density at radius 1 is 0.857 bits per heavy atom. The van der Waals surface area contributed by atoms with E-state index in [4.69, 9.17) is 0 Å². The molecule has 0 unspecified atom stereocenters. The van der Waals surface area contributed by atoms with Crippen LogP contribution < -0.4 is 4.90 Å². The molecular formula is C19H19NO. The number of benzene rings is 3. The van der Waals surface area contributed by atoms with E-state index in [2.05, 4.69) is 54.3 Å². The van der Waals surface area contributed by atoms with Crippen molar-refractivity contribution in [3.8, 4) is 5.75 Å². The topological polar surface area (TPSA) is 23.5 Å². The Kier molecular flexibility index (Phi) is 3.78. The number of rotatable bonds is 4. The fourth-order valence-electron chi connectivity index (χ4n) is 2.70. The van der Waals surface area contributed by atoms with Gasteiger partial charge in [-0.15, -0.1) is 0 Å². The van der Waals surface area contributed by atoms with Crippen LogP contribution in [0.15, 0.2) is 66.7 Å². The average Bonchev–Trinajstić information content (AvgIpc) is 2.54. The third-order valence-electron chi connectivity index (χ3n) is 3.84.